The van der Waals surface area contributed by atoms with E-state index in [1.54, 1.807) is 0 Å². The van der Waals surface area contributed by atoms with E-state index < -0.39 is 0 Å². The van der Waals surface area contributed by atoms with Crippen LogP contribution < -0.4 is 10.2 Å². The van der Waals surface area contributed by atoms with Crippen LogP contribution in [0.1, 0.15) is 25.5 Å². The molecule has 1 saturated heterocycles. The number of benzene rings is 1. The van der Waals surface area contributed by atoms with E-state index >= 15 is 0 Å². The molecule has 0 radical (unpaired) electrons. The van der Waals surface area contributed by atoms with Crippen LogP contribution in [0, 0.1) is 0 Å². The molecule has 0 unspecified atom stereocenters. The van der Waals surface area contributed by atoms with E-state index in [2.05, 4.69) is 30.1 Å². The van der Waals surface area contributed by atoms with Crippen LogP contribution in [0.4, 0.5) is 5.69 Å². The fraction of sp³-hybridized carbons (Fsp3) is 0.571. The zero-order valence-electron chi connectivity index (χ0n) is 11.6. The van der Waals surface area contributed by atoms with Crippen LogP contribution in [0.2, 0.25) is 0 Å². The lowest BCUT2D eigenvalue weighted by Crippen LogP contribution is -2.34. The Kier molecular flexibility index (Phi) is 6.42. The van der Waals surface area contributed by atoms with Gasteiger partial charge in [0, 0.05) is 37.0 Å². The first-order valence-electron chi connectivity index (χ1n) is 6.65. The number of hydrogen-bond acceptors (Lipinski definition) is 4. The summed E-state index contributed by atoms with van der Waals surface area (Å²) in [6.07, 6.45) is 0. The standard InChI is InChI=1S/C14H22N2O2.ClH/c1-3-16(4-2)11-5-6-12(14(17)9-11)13-10-18-8-7-15-13;/h5-6,9,13,15,17H,3-4,7-8,10H2,1-2H3;1H/t13-;/m1./s1. The van der Waals surface area contributed by atoms with Gasteiger partial charge in [0.05, 0.1) is 19.3 Å². The van der Waals surface area contributed by atoms with Gasteiger partial charge in [-0.15, -0.1) is 12.4 Å². The lowest BCUT2D eigenvalue weighted by molar-refractivity contribution is 0.0761. The molecule has 5 heteroatoms. The lowest BCUT2D eigenvalue weighted by Gasteiger charge is -2.26. The molecule has 1 heterocycles. The summed E-state index contributed by atoms with van der Waals surface area (Å²) in [7, 11) is 0. The number of phenolic OH excluding ortho intramolecular Hbond substituents is 1. The van der Waals surface area contributed by atoms with Crippen molar-refractivity contribution in [3.05, 3.63) is 23.8 Å². The van der Waals surface area contributed by atoms with E-state index in [9.17, 15) is 5.11 Å². The first-order chi connectivity index (χ1) is 8.76. The smallest absolute Gasteiger partial charge is 0.122 e. The Morgan fingerprint density at radius 2 is 2.11 bits per heavy atom. The first kappa shape index (κ1) is 16.1. The minimum absolute atomic E-state index is 0. The van der Waals surface area contributed by atoms with Crippen LogP contribution in [0.15, 0.2) is 18.2 Å². The Morgan fingerprint density at radius 1 is 1.37 bits per heavy atom. The number of ether oxygens (including phenoxy) is 1. The van der Waals surface area contributed by atoms with Gasteiger partial charge in [0.25, 0.3) is 0 Å². The average molecular weight is 287 g/mol. The SMILES string of the molecule is CCN(CC)c1ccc([C@H]2COCCN2)c(O)c1.Cl. The zero-order chi connectivity index (χ0) is 13.0. The highest BCUT2D eigenvalue weighted by atomic mass is 35.5. The molecule has 1 aliphatic heterocycles. The molecule has 4 nitrogen and oxygen atoms in total. The van der Waals surface area contributed by atoms with Crippen LogP contribution in [-0.4, -0.2) is 38.0 Å². The van der Waals surface area contributed by atoms with E-state index in [-0.39, 0.29) is 18.4 Å². The molecular formula is C14H23ClN2O2. The number of halogens is 1. The van der Waals surface area contributed by atoms with E-state index in [1.807, 2.05) is 12.1 Å². The number of phenols is 1. The first-order valence-corrected chi connectivity index (χ1v) is 6.65. The summed E-state index contributed by atoms with van der Waals surface area (Å²) in [6.45, 7) is 8.32. The minimum Gasteiger partial charge on any atom is -0.508 e. The third-order valence-corrected chi connectivity index (χ3v) is 3.44. The maximum Gasteiger partial charge on any atom is 0.122 e. The highest BCUT2D eigenvalue weighted by molar-refractivity contribution is 5.85. The van der Waals surface area contributed by atoms with E-state index in [0.717, 1.165) is 37.5 Å². The van der Waals surface area contributed by atoms with Gasteiger partial charge in [0.2, 0.25) is 0 Å². The zero-order valence-corrected chi connectivity index (χ0v) is 12.4. The number of aromatic hydroxyl groups is 1. The summed E-state index contributed by atoms with van der Waals surface area (Å²) in [5.41, 5.74) is 1.99. The van der Waals surface area contributed by atoms with Crippen molar-refractivity contribution in [3.63, 3.8) is 0 Å². The Hall–Kier alpha value is -0.970. The number of anilines is 1. The highest BCUT2D eigenvalue weighted by Gasteiger charge is 2.19. The van der Waals surface area contributed by atoms with Crippen LogP contribution >= 0.6 is 12.4 Å². The fourth-order valence-corrected chi connectivity index (χ4v) is 2.38. The molecule has 2 rings (SSSR count). The molecular weight excluding hydrogens is 264 g/mol. The van der Waals surface area contributed by atoms with Crippen molar-refractivity contribution in [2.24, 2.45) is 0 Å². The second-order valence-electron chi connectivity index (χ2n) is 4.50. The molecule has 0 aliphatic carbocycles. The monoisotopic (exact) mass is 286 g/mol. The van der Waals surface area contributed by atoms with Gasteiger partial charge in [-0.05, 0) is 19.9 Å². The van der Waals surface area contributed by atoms with Crippen molar-refractivity contribution in [2.45, 2.75) is 19.9 Å². The van der Waals surface area contributed by atoms with E-state index in [1.165, 1.54) is 0 Å². The van der Waals surface area contributed by atoms with Crippen LogP contribution in [0.3, 0.4) is 0 Å². The third-order valence-electron chi connectivity index (χ3n) is 3.44. The van der Waals surface area contributed by atoms with Gasteiger partial charge in [-0.3, -0.25) is 0 Å². The summed E-state index contributed by atoms with van der Waals surface area (Å²) in [5, 5.41) is 13.5. The number of morpholine rings is 1. The number of hydrogen-bond donors (Lipinski definition) is 2. The average Bonchev–Trinajstić information content (AvgIpc) is 2.41. The van der Waals surface area contributed by atoms with E-state index in [4.69, 9.17) is 4.74 Å². The van der Waals surface area contributed by atoms with Crippen molar-refractivity contribution in [1.29, 1.82) is 0 Å². The number of nitrogens with one attached hydrogen (secondary N) is 1. The van der Waals surface area contributed by atoms with Crippen LogP contribution in [-0.2, 0) is 4.74 Å². The van der Waals surface area contributed by atoms with Crippen molar-refractivity contribution in [3.8, 4) is 5.75 Å². The van der Waals surface area contributed by atoms with Gasteiger partial charge in [0.15, 0.2) is 0 Å². The van der Waals surface area contributed by atoms with Gasteiger partial charge >= 0.3 is 0 Å². The lowest BCUT2D eigenvalue weighted by atomic mass is 10.0. The van der Waals surface area contributed by atoms with Gasteiger partial charge in [-0.2, -0.15) is 0 Å². The second-order valence-corrected chi connectivity index (χ2v) is 4.50. The van der Waals surface area contributed by atoms with Gasteiger partial charge in [-0.1, -0.05) is 6.07 Å². The number of rotatable bonds is 4. The van der Waals surface area contributed by atoms with Gasteiger partial charge < -0.3 is 20.1 Å². The van der Waals surface area contributed by atoms with Crippen LogP contribution in [0.5, 0.6) is 5.75 Å². The molecule has 1 fully saturated rings. The van der Waals surface area contributed by atoms with Crippen molar-refractivity contribution >= 4 is 18.1 Å². The van der Waals surface area contributed by atoms with Crippen molar-refractivity contribution in [2.75, 3.05) is 37.7 Å². The van der Waals surface area contributed by atoms with Crippen LogP contribution in [0.25, 0.3) is 0 Å². The topological polar surface area (TPSA) is 44.7 Å². The molecule has 108 valence electrons. The molecule has 1 aromatic carbocycles. The summed E-state index contributed by atoms with van der Waals surface area (Å²) >= 11 is 0. The molecule has 0 amide bonds. The van der Waals surface area contributed by atoms with Gasteiger partial charge in [-0.25, -0.2) is 0 Å². The van der Waals surface area contributed by atoms with E-state index in [0.29, 0.717) is 12.4 Å². The highest BCUT2D eigenvalue weighted by Crippen LogP contribution is 2.30. The largest absolute Gasteiger partial charge is 0.508 e. The molecule has 19 heavy (non-hydrogen) atoms. The van der Waals surface area contributed by atoms with Crippen molar-refractivity contribution < 1.29 is 9.84 Å². The molecule has 0 aromatic heterocycles. The molecule has 1 aromatic rings. The fourth-order valence-electron chi connectivity index (χ4n) is 2.38. The Labute approximate surface area is 121 Å². The van der Waals surface area contributed by atoms with Gasteiger partial charge in [0.1, 0.15) is 5.75 Å². The molecule has 1 aliphatic rings. The second kappa shape index (κ2) is 7.58. The Bertz CT molecular complexity index is 391. The summed E-state index contributed by atoms with van der Waals surface area (Å²) in [6, 6.07) is 6.01. The summed E-state index contributed by atoms with van der Waals surface area (Å²) in [4.78, 5) is 2.22. The summed E-state index contributed by atoms with van der Waals surface area (Å²) < 4.78 is 5.43. The van der Waals surface area contributed by atoms with Crippen molar-refractivity contribution in [1.82, 2.24) is 5.32 Å². The predicted octanol–water partition coefficient (Wildman–Crippen LogP) is 2.32. The Balaban J connectivity index is 0.00000180. The molecule has 1 atom stereocenters. The number of nitrogens with zero attached hydrogens (tertiary/aromatic N) is 1. The predicted molar refractivity (Wildman–Crippen MR) is 80.5 cm³/mol. The molecule has 0 saturated carbocycles. The molecule has 0 bridgehead atoms. The molecule has 0 spiro atoms. The molecule has 2 N–H and O–H groups in total. The normalized spacial score (nSPS) is 18.7. The Morgan fingerprint density at radius 3 is 2.63 bits per heavy atom. The summed E-state index contributed by atoms with van der Waals surface area (Å²) in [5.74, 6) is 0.349. The maximum absolute atomic E-state index is 10.2. The quantitative estimate of drug-likeness (QED) is 0.892. The minimum atomic E-state index is 0. The third kappa shape index (κ3) is 3.75. The maximum atomic E-state index is 10.2.